The Hall–Kier alpha value is -0.993. The van der Waals surface area contributed by atoms with E-state index in [2.05, 4.69) is 61.5 Å². The molecule has 0 heterocycles. The third kappa shape index (κ3) is 4.37. The van der Waals surface area contributed by atoms with Crippen molar-refractivity contribution in [3.63, 3.8) is 0 Å². The van der Waals surface area contributed by atoms with Crippen LogP contribution in [-0.4, -0.2) is 6.00 Å². The van der Waals surface area contributed by atoms with E-state index in [-0.39, 0.29) is 0 Å². The molecule has 0 bridgehead atoms. The molecule has 2 aromatic carbocycles. The van der Waals surface area contributed by atoms with Crippen LogP contribution >= 0.6 is 33.2 Å². The molecule has 4 rings (SSSR count). The third-order valence-electron chi connectivity index (χ3n) is 5.64. The summed E-state index contributed by atoms with van der Waals surface area (Å²) in [7, 11) is 0. The minimum atomic E-state index is -2.47. The molecule has 2 aromatic rings. The zero-order valence-electron chi connectivity index (χ0n) is 15.4. The van der Waals surface area contributed by atoms with E-state index >= 15 is 0 Å². The number of aryl methyl sites for hydroxylation is 1. The SMILES string of the molecule is CC1=Cc2ccccc2C1C1=Cc2cc(CCCC[Si](Cl)(Cl)Cl)ccc2C1. The van der Waals surface area contributed by atoms with Gasteiger partial charge in [0, 0.05) is 5.92 Å². The highest BCUT2D eigenvalue weighted by molar-refractivity contribution is 7.64. The summed E-state index contributed by atoms with van der Waals surface area (Å²) in [5.74, 6) is 0.436. The quantitative estimate of drug-likeness (QED) is 0.247. The first-order chi connectivity index (χ1) is 12.9. The molecule has 0 spiro atoms. The van der Waals surface area contributed by atoms with Crippen molar-refractivity contribution in [1.82, 2.24) is 0 Å². The van der Waals surface area contributed by atoms with Crippen molar-refractivity contribution in [2.24, 2.45) is 0 Å². The summed E-state index contributed by atoms with van der Waals surface area (Å²) in [6, 6.07) is 14.0. The van der Waals surface area contributed by atoms with Gasteiger partial charge in [-0.3, -0.25) is 0 Å². The summed E-state index contributed by atoms with van der Waals surface area (Å²) in [5, 5.41) is 0. The highest BCUT2D eigenvalue weighted by Crippen LogP contribution is 2.45. The van der Waals surface area contributed by atoms with Crippen LogP contribution in [0.5, 0.6) is 0 Å². The molecule has 0 aromatic heterocycles. The zero-order chi connectivity index (χ0) is 19.0. The number of hydrogen-bond acceptors (Lipinski definition) is 0. The Bertz CT molecular complexity index is 921. The lowest BCUT2D eigenvalue weighted by molar-refractivity contribution is 0.791. The van der Waals surface area contributed by atoms with E-state index in [1.54, 1.807) is 0 Å². The summed E-state index contributed by atoms with van der Waals surface area (Å²) in [4.78, 5) is 0. The van der Waals surface area contributed by atoms with Gasteiger partial charge in [0.1, 0.15) is 0 Å². The molecule has 27 heavy (non-hydrogen) atoms. The van der Waals surface area contributed by atoms with Gasteiger partial charge in [0.05, 0.1) is 0 Å². The molecular formula is C23H23Cl3Si. The van der Waals surface area contributed by atoms with Crippen LogP contribution in [0.4, 0.5) is 0 Å². The van der Waals surface area contributed by atoms with Crippen LogP contribution in [0, 0.1) is 0 Å². The van der Waals surface area contributed by atoms with Crippen molar-refractivity contribution in [3.05, 3.63) is 81.4 Å². The summed E-state index contributed by atoms with van der Waals surface area (Å²) in [5.41, 5.74) is 10.0. The third-order valence-corrected chi connectivity index (χ3v) is 8.26. The maximum Gasteiger partial charge on any atom is 0.341 e. The molecule has 0 nitrogen and oxygen atoms in total. The second-order valence-electron chi connectivity index (χ2n) is 7.70. The highest BCUT2D eigenvalue weighted by Gasteiger charge is 2.28. The molecule has 0 radical (unpaired) electrons. The monoisotopic (exact) mass is 432 g/mol. The van der Waals surface area contributed by atoms with E-state index in [9.17, 15) is 0 Å². The van der Waals surface area contributed by atoms with Crippen molar-refractivity contribution in [3.8, 4) is 0 Å². The predicted octanol–water partition coefficient (Wildman–Crippen LogP) is 7.80. The van der Waals surface area contributed by atoms with E-state index in [0.717, 1.165) is 31.7 Å². The lowest BCUT2D eigenvalue weighted by Crippen LogP contribution is -2.07. The largest absolute Gasteiger partial charge is 0.341 e. The fourth-order valence-electron chi connectivity index (χ4n) is 4.38. The molecule has 2 aliphatic rings. The lowest BCUT2D eigenvalue weighted by Gasteiger charge is -2.16. The van der Waals surface area contributed by atoms with Gasteiger partial charge >= 0.3 is 6.00 Å². The Morgan fingerprint density at radius 3 is 2.59 bits per heavy atom. The second kappa shape index (κ2) is 7.79. The Morgan fingerprint density at radius 2 is 1.78 bits per heavy atom. The average Bonchev–Trinajstić information content (AvgIpc) is 3.16. The fourth-order valence-corrected chi connectivity index (χ4v) is 6.23. The number of unbranched alkanes of at least 4 members (excludes halogenated alkanes) is 1. The number of halogens is 3. The topological polar surface area (TPSA) is 0 Å². The first-order valence-corrected chi connectivity index (χ1v) is 14.8. The Morgan fingerprint density at radius 1 is 0.963 bits per heavy atom. The van der Waals surface area contributed by atoms with Crippen LogP contribution in [0.2, 0.25) is 6.04 Å². The molecule has 0 saturated heterocycles. The second-order valence-corrected chi connectivity index (χ2v) is 17.0. The van der Waals surface area contributed by atoms with E-state index in [0.29, 0.717) is 5.92 Å². The molecule has 1 atom stereocenters. The maximum atomic E-state index is 5.98. The number of allylic oxidation sites excluding steroid dienone is 2. The van der Waals surface area contributed by atoms with Gasteiger partial charge in [0.25, 0.3) is 0 Å². The van der Waals surface area contributed by atoms with Crippen LogP contribution in [0.1, 0.15) is 53.5 Å². The highest BCUT2D eigenvalue weighted by atomic mass is 35.8. The van der Waals surface area contributed by atoms with Gasteiger partial charge in [-0.05, 0) is 60.0 Å². The van der Waals surface area contributed by atoms with Crippen LogP contribution in [0.3, 0.4) is 0 Å². The molecule has 1 unspecified atom stereocenters. The van der Waals surface area contributed by atoms with Crippen LogP contribution in [0.25, 0.3) is 12.2 Å². The van der Waals surface area contributed by atoms with Crippen LogP contribution in [-0.2, 0) is 12.8 Å². The number of hydrogen-bond donors (Lipinski definition) is 0. The van der Waals surface area contributed by atoms with Crippen LogP contribution in [0.15, 0.2) is 53.6 Å². The number of rotatable bonds is 6. The smallest absolute Gasteiger partial charge is 0.126 e. The van der Waals surface area contributed by atoms with Gasteiger partial charge in [-0.2, -0.15) is 0 Å². The summed E-state index contributed by atoms with van der Waals surface area (Å²) >= 11 is 17.9. The summed E-state index contributed by atoms with van der Waals surface area (Å²) < 4.78 is 0. The van der Waals surface area contributed by atoms with E-state index in [1.165, 1.54) is 39.0 Å². The first kappa shape index (κ1) is 19.3. The summed E-state index contributed by atoms with van der Waals surface area (Å²) in [6.07, 6.45) is 8.92. The van der Waals surface area contributed by atoms with Crippen molar-refractivity contribution >= 4 is 51.4 Å². The van der Waals surface area contributed by atoms with Gasteiger partial charge in [0.15, 0.2) is 0 Å². The normalized spacial score (nSPS) is 18.1. The molecule has 0 aliphatic heterocycles. The number of benzene rings is 2. The van der Waals surface area contributed by atoms with Gasteiger partial charge < -0.3 is 0 Å². The Labute approximate surface area is 177 Å². The summed E-state index contributed by atoms with van der Waals surface area (Å²) in [6.45, 7) is 2.26. The van der Waals surface area contributed by atoms with Crippen molar-refractivity contribution < 1.29 is 0 Å². The van der Waals surface area contributed by atoms with Crippen molar-refractivity contribution in [1.29, 1.82) is 0 Å². The molecule has 2 aliphatic carbocycles. The first-order valence-electron chi connectivity index (χ1n) is 9.57. The zero-order valence-corrected chi connectivity index (χ0v) is 18.7. The molecule has 0 amide bonds. The fraction of sp³-hybridized carbons (Fsp3) is 0.304. The molecule has 4 heteroatoms. The Balaban J connectivity index is 1.47. The minimum Gasteiger partial charge on any atom is -0.126 e. The van der Waals surface area contributed by atoms with Crippen LogP contribution < -0.4 is 0 Å². The minimum absolute atomic E-state index is 0.436. The van der Waals surface area contributed by atoms with Crippen molar-refractivity contribution in [2.45, 2.75) is 44.6 Å². The molecule has 140 valence electrons. The van der Waals surface area contributed by atoms with Gasteiger partial charge in [0.2, 0.25) is 0 Å². The van der Waals surface area contributed by atoms with Crippen molar-refractivity contribution in [2.75, 3.05) is 0 Å². The molecule has 0 fully saturated rings. The van der Waals surface area contributed by atoms with E-state index in [1.807, 2.05) is 0 Å². The molecular weight excluding hydrogens is 411 g/mol. The molecule has 0 saturated carbocycles. The van der Waals surface area contributed by atoms with E-state index in [4.69, 9.17) is 33.2 Å². The number of fused-ring (bicyclic) bond motifs is 2. The predicted molar refractivity (Wildman–Crippen MR) is 122 cm³/mol. The molecule has 0 N–H and O–H groups in total. The van der Waals surface area contributed by atoms with Gasteiger partial charge in [-0.25, -0.2) is 0 Å². The lowest BCUT2D eigenvalue weighted by atomic mass is 9.88. The van der Waals surface area contributed by atoms with Gasteiger partial charge in [-0.1, -0.05) is 72.2 Å². The van der Waals surface area contributed by atoms with E-state index < -0.39 is 6.00 Å². The average molecular weight is 434 g/mol. The Kier molecular flexibility index (Phi) is 5.58. The maximum absolute atomic E-state index is 5.98. The standard InChI is InChI=1S/C23H23Cl3Si/c1-16-12-19-7-2-3-8-22(19)23(16)21-14-18-10-9-17(13-20(18)15-21)6-4-5-11-27(24,25)26/h2-3,7-10,12-13,15,23H,4-6,11,14H2,1H3. The van der Waals surface area contributed by atoms with Gasteiger partial charge in [-0.15, -0.1) is 33.2 Å².